The number of rotatable bonds is 0. The molecule has 0 aromatic carbocycles. The van der Waals surface area contributed by atoms with Gasteiger partial charge in [-0.1, -0.05) is 39.9 Å². The van der Waals surface area contributed by atoms with E-state index < -0.39 is 0 Å². The molecule has 0 spiro atoms. The van der Waals surface area contributed by atoms with Crippen LogP contribution in [0.1, 0.15) is 34.6 Å². The third-order valence-corrected chi connectivity index (χ3v) is 2.25. The van der Waals surface area contributed by atoms with Crippen LogP contribution in [0.2, 0.25) is 5.31 Å². The first-order valence-corrected chi connectivity index (χ1v) is 3.25. The summed E-state index contributed by atoms with van der Waals surface area (Å²) in [5, 5.41) is 0.437. The zero-order valence-electron chi connectivity index (χ0n) is 7.00. The molecule has 0 fully saturated rings. The summed E-state index contributed by atoms with van der Waals surface area (Å²) in [6.45, 7) is 11.4. The molecule has 0 aromatic rings. The van der Waals surface area contributed by atoms with Crippen LogP contribution in [0.5, 0.6) is 0 Å². The van der Waals surface area contributed by atoms with Crippen LogP contribution in [0.3, 0.4) is 0 Å². The second kappa shape index (κ2) is 1.79. The second-order valence-electron chi connectivity index (χ2n) is 4.50. The summed E-state index contributed by atoms with van der Waals surface area (Å²) in [6, 6.07) is 0. The van der Waals surface area contributed by atoms with Crippen molar-refractivity contribution < 1.29 is 0 Å². The highest BCUT2D eigenvalue weighted by atomic mass is 14.3. The molecule has 0 heterocycles. The van der Waals surface area contributed by atoms with Crippen LogP contribution >= 0.6 is 0 Å². The molecular weight excluding hydrogens is 94.9 g/mol. The molecule has 0 aromatic heterocycles. The lowest BCUT2D eigenvalue weighted by atomic mass is 9.57. The SMILES string of the molecule is BC(C)(C)C(C)(C)C. The van der Waals surface area contributed by atoms with E-state index in [4.69, 9.17) is 0 Å². The molecule has 0 rings (SSSR count). The average molecular weight is 112 g/mol. The third-order valence-electron chi connectivity index (χ3n) is 2.25. The van der Waals surface area contributed by atoms with E-state index in [1.807, 2.05) is 0 Å². The summed E-state index contributed by atoms with van der Waals surface area (Å²) < 4.78 is 0. The van der Waals surface area contributed by atoms with E-state index in [0.717, 1.165) is 0 Å². The Morgan fingerprint density at radius 2 is 1.00 bits per heavy atom. The van der Waals surface area contributed by atoms with Crippen LogP contribution in [-0.2, 0) is 0 Å². The fourth-order valence-corrected chi connectivity index (χ4v) is 0. The molecule has 8 heavy (non-hydrogen) atoms. The Labute approximate surface area is 54.1 Å². The Kier molecular flexibility index (Phi) is 1.80. The van der Waals surface area contributed by atoms with Crippen molar-refractivity contribution in [2.75, 3.05) is 0 Å². The van der Waals surface area contributed by atoms with Gasteiger partial charge in [-0.25, -0.2) is 0 Å². The molecule has 0 aliphatic rings. The lowest BCUT2D eigenvalue weighted by Gasteiger charge is -2.35. The Morgan fingerprint density at radius 3 is 1.00 bits per heavy atom. The van der Waals surface area contributed by atoms with Gasteiger partial charge in [-0.3, -0.25) is 0 Å². The minimum Gasteiger partial charge on any atom is -0.0667 e. The zero-order chi connectivity index (χ0) is 7.00. The van der Waals surface area contributed by atoms with Crippen LogP contribution in [0, 0.1) is 5.41 Å². The first kappa shape index (κ1) is 8.06. The maximum atomic E-state index is 2.27. The normalized spacial score (nSPS) is 14.1. The van der Waals surface area contributed by atoms with Crippen molar-refractivity contribution in [2.24, 2.45) is 5.41 Å². The quantitative estimate of drug-likeness (QED) is 0.419. The van der Waals surface area contributed by atoms with Gasteiger partial charge in [-0.2, -0.15) is 0 Å². The summed E-state index contributed by atoms with van der Waals surface area (Å²) in [5.74, 6) is 0. The molecule has 0 amide bonds. The third kappa shape index (κ3) is 1.89. The van der Waals surface area contributed by atoms with Crippen LogP contribution in [0.25, 0.3) is 0 Å². The van der Waals surface area contributed by atoms with E-state index in [1.54, 1.807) is 0 Å². The van der Waals surface area contributed by atoms with Gasteiger partial charge in [-0.15, -0.1) is 0 Å². The van der Waals surface area contributed by atoms with E-state index >= 15 is 0 Å². The van der Waals surface area contributed by atoms with E-state index in [2.05, 4.69) is 42.5 Å². The summed E-state index contributed by atoms with van der Waals surface area (Å²) in [7, 11) is 2.27. The molecule has 0 saturated carbocycles. The Bertz CT molecular complexity index is 59.4. The smallest absolute Gasteiger partial charge is 0.0667 e. The molecule has 0 unspecified atom stereocenters. The summed E-state index contributed by atoms with van der Waals surface area (Å²) in [6.07, 6.45) is 0. The van der Waals surface area contributed by atoms with Gasteiger partial charge in [0.15, 0.2) is 0 Å². The van der Waals surface area contributed by atoms with E-state index in [9.17, 15) is 0 Å². The van der Waals surface area contributed by atoms with Gasteiger partial charge in [0.05, 0.1) is 0 Å². The van der Waals surface area contributed by atoms with Crippen LogP contribution in [-0.4, -0.2) is 7.85 Å². The van der Waals surface area contributed by atoms with Gasteiger partial charge >= 0.3 is 0 Å². The standard InChI is InChI=1S/C7H17B/c1-6(2,3)7(4,5)8/h8H2,1-5H3. The molecule has 1 heteroatoms. The van der Waals surface area contributed by atoms with Crippen molar-refractivity contribution in [3.8, 4) is 0 Å². The van der Waals surface area contributed by atoms with Gasteiger partial charge < -0.3 is 0 Å². The minimum atomic E-state index is 0.437. The van der Waals surface area contributed by atoms with Crippen molar-refractivity contribution in [3.05, 3.63) is 0 Å². The van der Waals surface area contributed by atoms with Gasteiger partial charge in [0.2, 0.25) is 0 Å². The van der Waals surface area contributed by atoms with Crippen LogP contribution in [0.15, 0.2) is 0 Å². The molecule has 0 N–H and O–H groups in total. The molecule has 0 atom stereocenters. The first-order chi connectivity index (χ1) is 3.25. The van der Waals surface area contributed by atoms with Gasteiger partial charge in [0, 0.05) is 0 Å². The largest absolute Gasteiger partial charge is 0.109 e. The second-order valence-corrected chi connectivity index (χ2v) is 4.50. The van der Waals surface area contributed by atoms with E-state index in [-0.39, 0.29) is 0 Å². The Balaban J connectivity index is 4.02. The predicted molar refractivity (Wildman–Crippen MR) is 42.0 cm³/mol. The fourth-order valence-electron chi connectivity index (χ4n) is 0. The molecule has 0 aliphatic heterocycles. The highest BCUT2D eigenvalue weighted by Crippen LogP contribution is 2.40. The summed E-state index contributed by atoms with van der Waals surface area (Å²) >= 11 is 0. The number of hydrogen-bond acceptors (Lipinski definition) is 0. The van der Waals surface area contributed by atoms with Crippen molar-refractivity contribution in [1.82, 2.24) is 0 Å². The van der Waals surface area contributed by atoms with Crippen molar-refractivity contribution in [3.63, 3.8) is 0 Å². The van der Waals surface area contributed by atoms with Gasteiger partial charge in [-0.05, 0) is 5.41 Å². The van der Waals surface area contributed by atoms with Crippen LogP contribution in [0.4, 0.5) is 0 Å². The monoisotopic (exact) mass is 112 g/mol. The van der Waals surface area contributed by atoms with Gasteiger partial charge in [0.25, 0.3) is 0 Å². The maximum absolute atomic E-state index is 2.27. The minimum absolute atomic E-state index is 0.437. The predicted octanol–water partition coefficient (Wildman–Crippen LogP) is 1.86. The van der Waals surface area contributed by atoms with E-state index in [0.29, 0.717) is 10.7 Å². The first-order valence-electron chi connectivity index (χ1n) is 3.25. The molecular formula is C7H17B. The van der Waals surface area contributed by atoms with Crippen molar-refractivity contribution in [1.29, 1.82) is 0 Å². The lowest BCUT2D eigenvalue weighted by Crippen LogP contribution is -2.22. The topological polar surface area (TPSA) is 0 Å². The molecule has 0 bridgehead atoms. The Hall–Kier alpha value is 0.0649. The molecule has 0 nitrogen and oxygen atoms in total. The molecule has 0 saturated heterocycles. The molecule has 48 valence electrons. The highest BCUT2D eigenvalue weighted by molar-refractivity contribution is 6.15. The summed E-state index contributed by atoms with van der Waals surface area (Å²) in [5.41, 5.74) is 0.438. The fraction of sp³-hybridized carbons (Fsp3) is 1.00. The lowest BCUT2D eigenvalue weighted by molar-refractivity contribution is 0.303. The van der Waals surface area contributed by atoms with Crippen molar-refractivity contribution in [2.45, 2.75) is 39.9 Å². The van der Waals surface area contributed by atoms with Crippen molar-refractivity contribution >= 4 is 7.85 Å². The summed E-state index contributed by atoms with van der Waals surface area (Å²) in [4.78, 5) is 0. The molecule has 0 radical (unpaired) electrons. The number of hydrogen-bond donors (Lipinski definition) is 0. The zero-order valence-corrected chi connectivity index (χ0v) is 7.00. The molecule has 0 aliphatic carbocycles. The Morgan fingerprint density at radius 1 is 0.875 bits per heavy atom. The van der Waals surface area contributed by atoms with E-state index in [1.165, 1.54) is 0 Å². The van der Waals surface area contributed by atoms with Crippen LogP contribution < -0.4 is 0 Å². The average Bonchev–Trinajstić information content (AvgIpc) is 1.25. The maximum Gasteiger partial charge on any atom is 0.109 e. The van der Waals surface area contributed by atoms with Gasteiger partial charge in [0.1, 0.15) is 7.85 Å². The highest BCUT2D eigenvalue weighted by Gasteiger charge is 2.26.